The topological polar surface area (TPSA) is 110 Å². The zero-order chi connectivity index (χ0) is 9.02. The van der Waals surface area contributed by atoms with Gasteiger partial charge in [0.05, 0.1) is 0 Å². The second-order valence-corrected chi connectivity index (χ2v) is 2.19. The summed E-state index contributed by atoms with van der Waals surface area (Å²) in [6, 6.07) is -1.32. The fourth-order valence-electron chi connectivity index (χ4n) is 0.483. The lowest BCUT2D eigenvalue weighted by molar-refractivity contribution is -0.139. The van der Waals surface area contributed by atoms with E-state index in [0.29, 0.717) is 0 Å². The molecule has 0 rings (SSSR count). The first kappa shape index (κ1) is 10.3. The van der Waals surface area contributed by atoms with Crippen LogP contribution in [0.2, 0.25) is 0 Å². The fourth-order valence-corrected chi connectivity index (χ4v) is 0.483. The highest BCUT2D eigenvalue weighted by Crippen LogP contribution is 2.02. The molecule has 0 aromatic heterocycles. The Morgan fingerprint density at radius 3 is 2.27 bits per heavy atom. The minimum absolute atomic E-state index is 0.479. The van der Waals surface area contributed by atoms with Crippen LogP contribution >= 0.6 is 0 Å². The Bertz CT molecular complexity index is 142. The van der Waals surface area contributed by atoms with E-state index in [-0.39, 0.29) is 0 Å². The molecule has 11 heavy (non-hydrogen) atoms. The number of aliphatic carboxylic acids is 1. The van der Waals surface area contributed by atoms with Crippen LogP contribution in [0.15, 0.2) is 0 Å². The van der Waals surface area contributed by atoms with Crippen LogP contribution in [-0.4, -0.2) is 34.6 Å². The molecule has 1 unspecified atom stereocenters. The molecule has 0 fully saturated rings. The van der Waals surface area contributed by atoms with Crippen molar-refractivity contribution in [3.63, 3.8) is 0 Å². The summed E-state index contributed by atoms with van der Waals surface area (Å²) >= 11 is 0. The molecule has 6 N–H and O–H groups in total. The summed E-state index contributed by atoms with van der Waals surface area (Å²) in [5.41, 5.74) is 9.67. The molecule has 0 aromatic carbocycles. The Kier molecular flexibility index (Phi) is 3.94. The van der Waals surface area contributed by atoms with Crippen LogP contribution < -0.4 is 11.5 Å². The number of carbonyl (C=O) groups is 1. The molecule has 5 nitrogen and oxygen atoms in total. The Morgan fingerprint density at radius 2 is 2.00 bits per heavy atom. The molecule has 0 saturated carbocycles. The van der Waals surface area contributed by atoms with Gasteiger partial charge in [-0.15, -0.1) is 0 Å². The summed E-state index contributed by atoms with van der Waals surface area (Å²) in [6.07, 6.45) is -3.94. The van der Waals surface area contributed by atoms with Crippen molar-refractivity contribution < 1.29 is 19.4 Å². The number of carboxylic acid groups (broad SMARTS) is 1. The number of rotatable bonds is 4. The molecule has 0 bridgehead atoms. The number of hydrogen-bond donors (Lipinski definition) is 4. The smallest absolute Gasteiger partial charge is 0.320 e. The average molecular weight is 165 g/mol. The normalized spacial score (nSPS) is 18.9. The Morgan fingerprint density at radius 1 is 1.55 bits per heavy atom. The van der Waals surface area contributed by atoms with E-state index in [9.17, 15) is 9.18 Å². The molecule has 0 amide bonds. The number of carboxylic acids is 1. The van der Waals surface area contributed by atoms with Gasteiger partial charge in [-0.2, -0.15) is 0 Å². The van der Waals surface area contributed by atoms with E-state index in [2.05, 4.69) is 0 Å². The van der Waals surface area contributed by atoms with Crippen LogP contribution in [0.25, 0.3) is 0 Å². The summed E-state index contributed by atoms with van der Waals surface area (Å²) < 4.78 is 12.4. The maximum absolute atomic E-state index is 12.4. The molecule has 3 atom stereocenters. The number of nitrogens with two attached hydrogens (primary N) is 2. The van der Waals surface area contributed by atoms with E-state index < -0.39 is 30.8 Å². The highest BCUT2D eigenvalue weighted by molar-refractivity contribution is 5.73. The first-order chi connectivity index (χ1) is 4.95. The molecule has 0 aromatic rings. The first-order valence-corrected chi connectivity index (χ1v) is 3.01. The Hall–Kier alpha value is -0.720. The number of halogens is 1. The van der Waals surface area contributed by atoms with Gasteiger partial charge >= 0.3 is 5.97 Å². The Labute approximate surface area is 62.8 Å². The molecule has 0 heterocycles. The zero-order valence-electron chi connectivity index (χ0n) is 5.77. The van der Waals surface area contributed by atoms with Crippen LogP contribution in [-0.2, 0) is 4.79 Å². The van der Waals surface area contributed by atoms with Crippen LogP contribution in [0.5, 0.6) is 0 Å². The summed E-state index contributed by atoms with van der Waals surface area (Å²) in [6.45, 7) is 0. The molecule has 66 valence electrons. The Balaban J connectivity index is 3.75. The molecular weight excluding hydrogens is 154 g/mol. The maximum atomic E-state index is 12.4. The lowest BCUT2D eigenvalue weighted by Gasteiger charge is -2.12. The monoisotopic (exact) mass is 165 g/mol. The van der Waals surface area contributed by atoms with Crippen molar-refractivity contribution in [3.05, 3.63) is 0 Å². The molecule has 0 aliphatic rings. The predicted molar refractivity (Wildman–Crippen MR) is 35.3 cm³/mol. The largest absolute Gasteiger partial charge is 0.480 e. The van der Waals surface area contributed by atoms with Gasteiger partial charge in [-0.25, -0.2) is 4.39 Å². The second-order valence-electron chi connectivity index (χ2n) is 2.19. The third-order valence-corrected chi connectivity index (χ3v) is 1.17. The van der Waals surface area contributed by atoms with Crippen molar-refractivity contribution in [1.29, 1.82) is 0 Å². The van der Waals surface area contributed by atoms with Gasteiger partial charge in [0.1, 0.15) is 18.4 Å². The highest BCUT2D eigenvalue weighted by Gasteiger charge is 2.21. The zero-order valence-corrected chi connectivity index (χ0v) is 5.77. The van der Waals surface area contributed by atoms with Gasteiger partial charge in [-0.3, -0.25) is 4.79 Å². The average Bonchev–Trinajstić information content (AvgIpc) is 1.87. The van der Waals surface area contributed by atoms with Crippen molar-refractivity contribution in [3.8, 4) is 0 Å². The lowest BCUT2D eigenvalue weighted by Crippen LogP contribution is -2.39. The van der Waals surface area contributed by atoms with Crippen molar-refractivity contribution in [2.75, 3.05) is 0 Å². The van der Waals surface area contributed by atoms with Gasteiger partial charge in [-0.1, -0.05) is 0 Å². The SMILES string of the molecule is NC(O)[C@H]([18F])C[C@@H](N)C(=O)O. The summed E-state index contributed by atoms with van der Waals surface area (Å²) in [5.74, 6) is -1.31. The van der Waals surface area contributed by atoms with Crippen molar-refractivity contribution in [2.45, 2.75) is 24.9 Å². The van der Waals surface area contributed by atoms with E-state index in [1.54, 1.807) is 0 Å². The molecule has 0 saturated heterocycles. The molecule has 0 radical (unpaired) electrons. The van der Waals surface area contributed by atoms with E-state index in [0.717, 1.165) is 0 Å². The molecule has 0 spiro atoms. The fraction of sp³-hybridized carbons (Fsp3) is 0.800. The third-order valence-electron chi connectivity index (χ3n) is 1.17. The third kappa shape index (κ3) is 3.87. The van der Waals surface area contributed by atoms with Gasteiger partial charge in [-0.05, 0) is 0 Å². The van der Waals surface area contributed by atoms with Gasteiger partial charge < -0.3 is 21.7 Å². The van der Waals surface area contributed by atoms with Crippen molar-refractivity contribution in [2.24, 2.45) is 11.5 Å². The number of hydrogen-bond acceptors (Lipinski definition) is 4. The van der Waals surface area contributed by atoms with E-state index >= 15 is 0 Å². The number of alkyl halides is 1. The van der Waals surface area contributed by atoms with Crippen molar-refractivity contribution >= 4 is 5.97 Å². The highest BCUT2D eigenvalue weighted by atomic mass is 18.2. The quantitative estimate of drug-likeness (QED) is 0.375. The number of aliphatic hydroxyl groups is 1. The summed E-state index contributed by atoms with van der Waals surface area (Å²) in [7, 11) is 0. The maximum Gasteiger partial charge on any atom is 0.320 e. The minimum atomic E-state index is -1.79. The van der Waals surface area contributed by atoms with Gasteiger partial charge in [0.25, 0.3) is 0 Å². The van der Waals surface area contributed by atoms with Crippen LogP contribution in [0, 0.1) is 0 Å². The van der Waals surface area contributed by atoms with Crippen molar-refractivity contribution in [1.82, 2.24) is 0 Å². The van der Waals surface area contributed by atoms with Crippen LogP contribution in [0.1, 0.15) is 6.42 Å². The molecule has 0 aliphatic heterocycles. The number of aliphatic hydroxyl groups excluding tert-OH is 1. The molecule has 6 heteroatoms. The van der Waals surface area contributed by atoms with Gasteiger partial charge in [0.2, 0.25) is 0 Å². The molecular formula is C5H11FN2O3. The van der Waals surface area contributed by atoms with Crippen LogP contribution in [0.4, 0.5) is 4.39 Å². The predicted octanol–water partition coefficient (Wildman–Crippen LogP) is -1.60. The van der Waals surface area contributed by atoms with Gasteiger partial charge in [0, 0.05) is 6.42 Å². The standard InChI is InChI=1S/C5H11FN2O3/c6-2(4(8)9)1-3(7)5(10)11/h2-4,9H,1,7-8H2,(H,10,11)/t2-,3-,4?/m1/s1/i6-1. The lowest BCUT2D eigenvalue weighted by atomic mass is 10.1. The first-order valence-electron chi connectivity index (χ1n) is 3.01. The summed E-state index contributed by atoms with van der Waals surface area (Å²) in [5, 5.41) is 16.6. The molecule has 0 aliphatic carbocycles. The van der Waals surface area contributed by atoms with Gasteiger partial charge in [0.15, 0.2) is 0 Å². The van der Waals surface area contributed by atoms with Crippen LogP contribution in [0.3, 0.4) is 0 Å². The van der Waals surface area contributed by atoms with E-state index in [1.165, 1.54) is 0 Å². The summed E-state index contributed by atoms with van der Waals surface area (Å²) in [4.78, 5) is 10.0. The van der Waals surface area contributed by atoms with E-state index in [1.807, 2.05) is 0 Å². The second kappa shape index (κ2) is 4.22. The van der Waals surface area contributed by atoms with E-state index in [4.69, 9.17) is 21.7 Å². The minimum Gasteiger partial charge on any atom is -0.480 e.